The third kappa shape index (κ3) is 3.58. The molecule has 4 nitrogen and oxygen atoms in total. The third-order valence-corrected chi connectivity index (χ3v) is 3.35. The molecule has 5 heteroatoms. The number of pyridine rings is 1. The molecule has 0 radical (unpaired) electrons. The van der Waals surface area contributed by atoms with Gasteiger partial charge in [-0.1, -0.05) is 25.4 Å². The van der Waals surface area contributed by atoms with Crippen molar-refractivity contribution in [2.45, 2.75) is 39.3 Å². The Hall–Kier alpha value is -1.39. The van der Waals surface area contributed by atoms with Crippen molar-refractivity contribution in [2.75, 3.05) is 6.54 Å². The summed E-state index contributed by atoms with van der Waals surface area (Å²) in [5.41, 5.74) is 2.12. The molecule has 0 fully saturated rings. The Bertz CT molecular complexity index is 521. The average molecular weight is 293 g/mol. The molecule has 108 valence electrons. The molecule has 2 heterocycles. The predicted molar refractivity (Wildman–Crippen MR) is 81.9 cm³/mol. The highest BCUT2D eigenvalue weighted by atomic mass is 35.5. The van der Waals surface area contributed by atoms with Gasteiger partial charge in [0.15, 0.2) is 0 Å². The maximum absolute atomic E-state index is 5.93. The normalized spacial score (nSPS) is 12.6. The highest BCUT2D eigenvalue weighted by molar-refractivity contribution is 6.30. The van der Waals surface area contributed by atoms with E-state index in [0.717, 1.165) is 37.3 Å². The molecular weight excluding hydrogens is 272 g/mol. The van der Waals surface area contributed by atoms with Crippen LogP contribution < -0.4 is 5.32 Å². The molecule has 20 heavy (non-hydrogen) atoms. The second kappa shape index (κ2) is 7.41. The fourth-order valence-corrected chi connectivity index (χ4v) is 2.31. The summed E-state index contributed by atoms with van der Waals surface area (Å²) in [4.78, 5) is 4.45. The van der Waals surface area contributed by atoms with Crippen molar-refractivity contribution in [1.29, 1.82) is 0 Å². The molecule has 1 atom stereocenters. The van der Waals surface area contributed by atoms with E-state index in [0.29, 0.717) is 5.02 Å². The molecule has 0 spiro atoms. The summed E-state index contributed by atoms with van der Waals surface area (Å²) in [6.45, 7) is 6.16. The van der Waals surface area contributed by atoms with Gasteiger partial charge in [0.25, 0.3) is 0 Å². The van der Waals surface area contributed by atoms with Gasteiger partial charge in [-0.15, -0.1) is 0 Å². The molecule has 2 aromatic heterocycles. The minimum absolute atomic E-state index is 0.0567. The number of nitrogens with one attached hydrogen (secondary N) is 1. The van der Waals surface area contributed by atoms with E-state index >= 15 is 0 Å². The molecule has 2 rings (SSSR count). The minimum Gasteiger partial charge on any atom is -0.304 e. The average Bonchev–Trinajstić information content (AvgIpc) is 2.90. The second-order valence-electron chi connectivity index (χ2n) is 4.77. The van der Waals surface area contributed by atoms with Gasteiger partial charge in [0, 0.05) is 18.9 Å². The molecule has 1 unspecified atom stereocenters. The first-order chi connectivity index (χ1) is 9.76. The summed E-state index contributed by atoms with van der Waals surface area (Å²) in [6.07, 6.45) is 5.68. The quantitative estimate of drug-likeness (QED) is 0.850. The van der Waals surface area contributed by atoms with Crippen LogP contribution in [0.25, 0.3) is 0 Å². The van der Waals surface area contributed by atoms with Crippen LogP contribution in [-0.4, -0.2) is 21.3 Å². The smallest absolute Gasteiger partial charge is 0.0921 e. The summed E-state index contributed by atoms with van der Waals surface area (Å²) < 4.78 is 2.05. The number of rotatable bonds is 7. The van der Waals surface area contributed by atoms with E-state index in [1.165, 1.54) is 0 Å². The van der Waals surface area contributed by atoms with E-state index in [1.807, 2.05) is 23.0 Å². The van der Waals surface area contributed by atoms with E-state index in [9.17, 15) is 0 Å². The number of halogens is 1. The fourth-order valence-electron chi connectivity index (χ4n) is 2.19. The second-order valence-corrected chi connectivity index (χ2v) is 5.20. The van der Waals surface area contributed by atoms with E-state index in [4.69, 9.17) is 11.6 Å². The predicted octanol–water partition coefficient (Wildman–Crippen LogP) is 3.43. The number of aromatic nitrogens is 3. The first kappa shape index (κ1) is 15.0. The lowest BCUT2D eigenvalue weighted by Crippen LogP contribution is -2.26. The van der Waals surface area contributed by atoms with Crippen molar-refractivity contribution >= 4 is 11.6 Å². The zero-order valence-corrected chi connectivity index (χ0v) is 12.8. The maximum Gasteiger partial charge on any atom is 0.0921 e. The van der Waals surface area contributed by atoms with Gasteiger partial charge in [-0.2, -0.15) is 5.10 Å². The summed E-state index contributed by atoms with van der Waals surface area (Å²) in [7, 11) is 0. The van der Waals surface area contributed by atoms with Gasteiger partial charge in [-0.25, -0.2) is 0 Å². The van der Waals surface area contributed by atoms with Crippen LogP contribution in [0.1, 0.15) is 44.1 Å². The molecule has 0 aromatic carbocycles. The summed E-state index contributed by atoms with van der Waals surface area (Å²) in [5.74, 6) is 0. The van der Waals surface area contributed by atoms with Crippen molar-refractivity contribution in [1.82, 2.24) is 20.1 Å². The van der Waals surface area contributed by atoms with Gasteiger partial charge < -0.3 is 5.32 Å². The van der Waals surface area contributed by atoms with Crippen LogP contribution in [-0.2, 0) is 6.54 Å². The van der Waals surface area contributed by atoms with Gasteiger partial charge in [0.05, 0.1) is 22.5 Å². The SMILES string of the molecule is CCCNC(c1ccc(Cl)cn1)c1ccnn1CCC. The van der Waals surface area contributed by atoms with Crippen molar-refractivity contribution in [2.24, 2.45) is 0 Å². The van der Waals surface area contributed by atoms with Gasteiger partial charge in [-0.05, 0) is 37.6 Å². The van der Waals surface area contributed by atoms with Gasteiger partial charge >= 0.3 is 0 Å². The van der Waals surface area contributed by atoms with E-state index in [-0.39, 0.29) is 6.04 Å². The highest BCUT2D eigenvalue weighted by Crippen LogP contribution is 2.21. The number of aryl methyl sites for hydroxylation is 1. The lowest BCUT2D eigenvalue weighted by molar-refractivity contribution is 0.505. The van der Waals surface area contributed by atoms with Crippen LogP contribution in [0.2, 0.25) is 5.02 Å². The monoisotopic (exact) mass is 292 g/mol. The highest BCUT2D eigenvalue weighted by Gasteiger charge is 2.18. The Morgan fingerprint density at radius 3 is 2.75 bits per heavy atom. The van der Waals surface area contributed by atoms with Crippen molar-refractivity contribution in [3.8, 4) is 0 Å². The minimum atomic E-state index is 0.0567. The Morgan fingerprint density at radius 1 is 1.25 bits per heavy atom. The topological polar surface area (TPSA) is 42.7 Å². The third-order valence-electron chi connectivity index (χ3n) is 3.13. The molecule has 0 bridgehead atoms. The molecule has 1 N–H and O–H groups in total. The fraction of sp³-hybridized carbons (Fsp3) is 0.467. The van der Waals surface area contributed by atoms with Gasteiger partial charge in [0.1, 0.15) is 0 Å². The van der Waals surface area contributed by atoms with Crippen molar-refractivity contribution in [3.63, 3.8) is 0 Å². The summed E-state index contributed by atoms with van der Waals surface area (Å²) in [5, 5.41) is 8.60. The standard InChI is InChI=1S/C15H21ClN4/c1-3-8-17-15(13-6-5-12(16)11-18-13)14-7-9-19-20(14)10-4-2/h5-7,9,11,15,17H,3-4,8,10H2,1-2H3. The Labute approximate surface area is 125 Å². The molecule has 0 saturated carbocycles. The lowest BCUT2D eigenvalue weighted by atomic mass is 10.1. The van der Waals surface area contributed by atoms with Crippen molar-refractivity contribution < 1.29 is 0 Å². The van der Waals surface area contributed by atoms with Crippen LogP contribution in [0.15, 0.2) is 30.6 Å². The maximum atomic E-state index is 5.93. The van der Waals surface area contributed by atoms with Crippen LogP contribution >= 0.6 is 11.6 Å². The molecule has 0 amide bonds. The molecule has 2 aromatic rings. The summed E-state index contributed by atoms with van der Waals surface area (Å²) in [6, 6.07) is 5.96. The van der Waals surface area contributed by atoms with Crippen LogP contribution in [0.3, 0.4) is 0 Å². The Morgan fingerprint density at radius 2 is 2.10 bits per heavy atom. The van der Waals surface area contributed by atoms with E-state index in [2.05, 4.69) is 35.3 Å². The molecule has 0 aliphatic heterocycles. The van der Waals surface area contributed by atoms with Gasteiger partial charge in [0.2, 0.25) is 0 Å². The molecule has 0 aliphatic rings. The number of hydrogen-bond donors (Lipinski definition) is 1. The molecular formula is C15H21ClN4. The molecule has 0 aliphatic carbocycles. The number of hydrogen-bond acceptors (Lipinski definition) is 3. The lowest BCUT2D eigenvalue weighted by Gasteiger charge is -2.19. The Kier molecular flexibility index (Phi) is 5.56. The van der Waals surface area contributed by atoms with E-state index < -0.39 is 0 Å². The Balaban J connectivity index is 2.31. The molecule has 0 saturated heterocycles. The zero-order chi connectivity index (χ0) is 14.4. The van der Waals surface area contributed by atoms with Crippen LogP contribution in [0, 0.1) is 0 Å². The first-order valence-corrected chi connectivity index (χ1v) is 7.50. The van der Waals surface area contributed by atoms with Crippen molar-refractivity contribution in [3.05, 3.63) is 47.0 Å². The van der Waals surface area contributed by atoms with Gasteiger partial charge in [-0.3, -0.25) is 9.67 Å². The number of nitrogens with zero attached hydrogens (tertiary/aromatic N) is 3. The van der Waals surface area contributed by atoms with Crippen LogP contribution in [0.5, 0.6) is 0 Å². The first-order valence-electron chi connectivity index (χ1n) is 7.12. The summed E-state index contributed by atoms with van der Waals surface area (Å²) >= 11 is 5.93. The van der Waals surface area contributed by atoms with E-state index in [1.54, 1.807) is 6.20 Å². The van der Waals surface area contributed by atoms with Crippen LogP contribution in [0.4, 0.5) is 0 Å². The zero-order valence-electron chi connectivity index (χ0n) is 12.0. The largest absolute Gasteiger partial charge is 0.304 e.